The molecule has 2 rings (SSSR count). The molecule has 1 aliphatic rings. The highest BCUT2D eigenvalue weighted by atomic mass is 32.1. The van der Waals surface area contributed by atoms with Crippen LogP contribution in [0, 0.1) is 13.8 Å². The lowest BCUT2D eigenvalue weighted by atomic mass is 10.3. The van der Waals surface area contributed by atoms with Crippen LogP contribution >= 0.6 is 11.3 Å². The molecule has 0 bridgehead atoms. The zero-order valence-corrected chi connectivity index (χ0v) is 10.1. The van der Waals surface area contributed by atoms with Crippen LogP contribution in [0.15, 0.2) is 0 Å². The molecule has 2 heterocycles. The first-order valence-electron chi connectivity index (χ1n) is 5.37. The Balaban J connectivity index is 2.01. The molecule has 0 N–H and O–H groups in total. The van der Waals surface area contributed by atoms with Gasteiger partial charge < -0.3 is 4.90 Å². The number of rotatable bonds is 2. The maximum absolute atomic E-state index is 11.9. The summed E-state index contributed by atoms with van der Waals surface area (Å²) in [5.41, 5.74) is 1.02. The molecular formula is C11H16N2OS. The molecule has 3 nitrogen and oxygen atoms in total. The van der Waals surface area contributed by atoms with Crippen LogP contribution < -0.4 is 0 Å². The van der Waals surface area contributed by atoms with Gasteiger partial charge in [-0.25, -0.2) is 4.98 Å². The van der Waals surface area contributed by atoms with Gasteiger partial charge in [-0.3, -0.25) is 4.79 Å². The molecule has 0 atom stereocenters. The van der Waals surface area contributed by atoms with Crippen molar-refractivity contribution >= 4 is 17.2 Å². The Kier molecular flexibility index (Phi) is 3.05. The minimum atomic E-state index is 0.263. The molecule has 1 aliphatic heterocycles. The van der Waals surface area contributed by atoms with Gasteiger partial charge in [0.05, 0.1) is 17.1 Å². The van der Waals surface area contributed by atoms with Crippen molar-refractivity contribution in [3.63, 3.8) is 0 Å². The summed E-state index contributed by atoms with van der Waals surface area (Å²) in [5.74, 6) is 0.263. The maximum Gasteiger partial charge on any atom is 0.227 e. The number of likely N-dealkylation sites (tertiary alicyclic amines) is 1. The van der Waals surface area contributed by atoms with E-state index in [1.54, 1.807) is 11.3 Å². The molecule has 0 aliphatic carbocycles. The average molecular weight is 224 g/mol. The van der Waals surface area contributed by atoms with Crippen LogP contribution in [0.4, 0.5) is 0 Å². The molecule has 0 unspecified atom stereocenters. The number of aromatic nitrogens is 1. The zero-order valence-electron chi connectivity index (χ0n) is 9.25. The Bertz CT molecular complexity index is 367. The fraction of sp³-hybridized carbons (Fsp3) is 0.636. The van der Waals surface area contributed by atoms with E-state index in [1.165, 1.54) is 0 Å². The van der Waals surface area contributed by atoms with E-state index in [4.69, 9.17) is 0 Å². The van der Waals surface area contributed by atoms with Crippen molar-refractivity contribution in [2.75, 3.05) is 13.1 Å². The van der Waals surface area contributed by atoms with Crippen molar-refractivity contribution in [2.24, 2.45) is 0 Å². The summed E-state index contributed by atoms with van der Waals surface area (Å²) in [6.45, 7) is 5.85. The van der Waals surface area contributed by atoms with Gasteiger partial charge in [-0.15, -0.1) is 11.3 Å². The van der Waals surface area contributed by atoms with Gasteiger partial charge in [0.15, 0.2) is 0 Å². The van der Waals surface area contributed by atoms with Crippen LogP contribution in [-0.2, 0) is 11.2 Å². The predicted molar refractivity (Wildman–Crippen MR) is 61.1 cm³/mol. The Labute approximate surface area is 94.1 Å². The second-order valence-electron chi connectivity index (χ2n) is 4.01. The molecule has 15 heavy (non-hydrogen) atoms. The lowest BCUT2D eigenvalue weighted by Crippen LogP contribution is -2.28. The van der Waals surface area contributed by atoms with E-state index in [2.05, 4.69) is 4.98 Å². The van der Waals surface area contributed by atoms with E-state index in [-0.39, 0.29) is 5.91 Å². The largest absolute Gasteiger partial charge is 0.342 e. The van der Waals surface area contributed by atoms with Crippen LogP contribution in [0.5, 0.6) is 0 Å². The zero-order chi connectivity index (χ0) is 10.8. The number of nitrogens with zero attached hydrogens (tertiary/aromatic N) is 2. The van der Waals surface area contributed by atoms with Crippen molar-refractivity contribution in [3.05, 3.63) is 15.6 Å². The minimum Gasteiger partial charge on any atom is -0.342 e. The molecule has 1 amide bonds. The summed E-state index contributed by atoms with van der Waals surface area (Å²) < 4.78 is 0. The molecule has 1 aromatic rings. The van der Waals surface area contributed by atoms with Gasteiger partial charge in [0.2, 0.25) is 5.91 Å². The third-order valence-corrected chi connectivity index (χ3v) is 3.84. The molecule has 1 aromatic heterocycles. The molecule has 4 heteroatoms. The average Bonchev–Trinajstić information content (AvgIpc) is 2.76. The Morgan fingerprint density at radius 2 is 2.07 bits per heavy atom. The van der Waals surface area contributed by atoms with E-state index in [0.29, 0.717) is 6.42 Å². The molecule has 0 radical (unpaired) electrons. The minimum absolute atomic E-state index is 0.263. The summed E-state index contributed by atoms with van der Waals surface area (Å²) in [6, 6.07) is 0. The number of aryl methyl sites for hydroxylation is 2. The van der Waals surface area contributed by atoms with Gasteiger partial charge in [-0.1, -0.05) is 0 Å². The number of hydrogen-bond acceptors (Lipinski definition) is 3. The van der Waals surface area contributed by atoms with Crippen molar-refractivity contribution in [2.45, 2.75) is 33.1 Å². The SMILES string of the molecule is Cc1nc(C)c(CC(=O)N2CCCC2)s1. The van der Waals surface area contributed by atoms with Crippen LogP contribution in [0.2, 0.25) is 0 Å². The fourth-order valence-electron chi connectivity index (χ4n) is 1.95. The monoisotopic (exact) mass is 224 g/mol. The summed E-state index contributed by atoms with van der Waals surface area (Å²) >= 11 is 1.64. The standard InChI is InChI=1S/C11H16N2OS/c1-8-10(15-9(2)12-8)7-11(14)13-5-3-4-6-13/h3-7H2,1-2H3. The molecule has 1 fully saturated rings. The summed E-state index contributed by atoms with van der Waals surface area (Å²) in [5, 5.41) is 1.05. The van der Waals surface area contributed by atoms with E-state index in [9.17, 15) is 4.79 Å². The second-order valence-corrected chi connectivity index (χ2v) is 5.29. The van der Waals surface area contributed by atoms with Gasteiger partial charge in [0.1, 0.15) is 0 Å². The van der Waals surface area contributed by atoms with E-state index in [1.807, 2.05) is 18.7 Å². The fourth-order valence-corrected chi connectivity index (χ4v) is 2.88. The van der Waals surface area contributed by atoms with Crippen molar-refractivity contribution in [1.29, 1.82) is 0 Å². The smallest absolute Gasteiger partial charge is 0.227 e. The van der Waals surface area contributed by atoms with E-state index >= 15 is 0 Å². The highest BCUT2D eigenvalue weighted by molar-refractivity contribution is 7.11. The Morgan fingerprint density at radius 1 is 1.40 bits per heavy atom. The van der Waals surface area contributed by atoms with Gasteiger partial charge in [-0.2, -0.15) is 0 Å². The first kappa shape index (κ1) is 10.6. The van der Waals surface area contributed by atoms with E-state index < -0.39 is 0 Å². The summed E-state index contributed by atoms with van der Waals surface area (Å²) in [7, 11) is 0. The first-order valence-corrected chi connectivity index (χ1v) is 6.19. The van der Waals surface area contributed by atoms with Crippen LogP contribution in [0.3, 0.4) is 0 Å². The molecule has 0 saturated carbocycles. The Morgan fingerprint density at radius 3 is 2.60 bits per heavy atom. The third-order valence-electron chi connectivity index (χ3n) is 2.77. The molecule has 0 spiro atoms. The number of amides is 1. The van der Waals surface area contributed by atoms with Gasteiger partial charge in [0.25, 0.3) is 0 Å². The first-order chi connectivity index (χ1) is 7.16. The normalized spacial score (nSPS) is 16.0. The third kappa shape index (κ3) is 2.37. The lowest BCUT2D eigenvalue weighted by Gasteiger charge is -2.14. The van der Waals surface area contributed by atoms with E-state index in [0.717, 1.165) is 41.5 Å². The summed E-state index contributed by atoms with van der Waals surface area (Å²) in [6.07, 6.45) is 2.86. The Hall–Kier alpha value is -0.900. The topological polar surface area (TPSA) is 33.2 Å². The predicted octanol–water partition coefficient (Wildman–Crippen LogP) is 1.92. The highest BCUT2D eigenvalue weighted by Gasteiger charge is 2.19. The number of carbonyl (C=O) groups is 1. The maximum atomic E-state index is 11.9. The number of thiazole rings is 1. The van der Waals surface area contributed by atoms with Crippen LogP contribution in [-0.4, -0.2) is 28.9 Å². The van der Waals surface area contributed by atoms with Crippen LogP contribution in [0.1, 0.15) is 28.4 Å². The lowest BCUT2D eigenvalue weighted by molar-refractivity contribution is -0.129. The summed E-state index contributed by atoms with van der Waals surface area (Å²) in [4.78, 5) is 19.3. The quantitative estimate of drug-likeness (QED) is 0.769. The number of hydrogen-bond donors (Lipinski definition) is 0. The molecule has 0 aromatic carbocycles. The highest BCUT2D eigenvalue weighted by Crippen LogP contribution is 2.19. The number of carbonyl (C=O) groups excluding carboxylic acids is 1. The molecule has 82 valence electrons. The van der Waals surface area contributed by atoms with Crippen molar-refractivity contribution < 1.29 is 4.79 Å². The molecular weight excluding hydrogens is 208 g/mol. The van der Waals surface area contributed by atoms with Gasteiger partial charge in [0, 0.05) is 18.0 Å². The van der Waals surface area contributed by atoms with Crippen molar-refractivity contribution in [3.8, 4) is 0 Å². The van der Waals surface area contributed by atoms with Crippen LogP contribution in [0.25, 0.3) is 0 Å². The second kappa shape index (κ2) is 4.31. The molecule has 1 saturated heterocycles. The van der Waals surface area contributed by atoms with Gasteiger partial charge >= 0.3 is 0 Å². The van der Waals surface area contributed by atoms with Crippen molar-refractivity contribution in [1.82, 2.24) is 9.88 Å². The van der Waals surface area contributed by atoms with Gasteiger partial charge in [-0.05, 0) is 26.7 Å².